The van der Waals surface area contributed by atoms with Gasteiger partial charge in [0.05, 0.1) is 24.4 Å². The minimum Gasteiger partial charge on any atom is -0.378 e. The summed E-state index contributed by atoms with van der Waals surface area (Å²) in [6.45, 7) is 2.78. The zero-order valence-electron chi connectivity index (χ0n) is 14.8. The van der Waals surface area contributed by atoms with Gasteiger partial charge < -0.3 is 15.0 Å². The molecule has 2 aliphatic rings. The summed E-state index contributed by atoms with van der Waals surface area (Å²) in [5.41, 5.74) is 0.171. The number of aromatic nitrogens is 2. The van der Waals surface area contributed by atoms with Gasteiger partial charge in [-0.3, -0.25) is 9.59 Å². The molecule has 1 aromatic carbocycles. The Hall–Kier alpha value is -2.39. The molecule has 0 aliphatic carbocycles. The molecule has 142 valence electrons. The lowest BCUT2D eigenvalue weighted by Crippen LogP contribution is -2.55. The smallest absolute Gasteiger partial charge is 0.267 e. The largest absolute Gasteiger partial charge is 0.378 e. The number of hydrogen-bond acceptors (Lipinski definition) is 6. The molecule has 4 rings (SSSR count). The van der Waals surface area contributed by atoms with E-state index in [2.05, 4.69) is 14.9 Å². The number of nitrogens with zero attached hydrogens (tertiary/aromatic N) is 3. The molecule has 1 aromatic heterocycles. The Morgan fingerprint density at radius 2 is 2.26 bits per heavy atom. The van der Waals surface area contributed by atoms with Gasteiger partial charge in [-0.15, -0.1) is 5.10 Å². The standard InChI is InChI=1S/C18H19FN4O3S/c1-11-16(27-22-21-11)17(25)23-8-13(12-4-2-3-5-14(12)19)18(9-23)10-26-7-6-15(24)20-18/h2-5,13H,6-10H2,1H3,(H,20,24)/t13-,18-/m0/s1. The molecule has 0 saturated carbocycles. The number of hydrogen-bond donors (Lipinski definition) is 1. The first-order valence-corrected chi connectivity index (χ1v) is 9.49. The predicted octanol–water partition coefficient (Wildman–Crippen LogP) is 1.50. The molecular weight excluding hydrogens is 371 g/mol. The fraction of sp³-hybridized carbons (Fsp3) is 0.444. The van der Waals surface area contributed by atoms with Crippen LogP contribution in [-0.4, -0.2) is 58.1 Å². The predicted molar refractivity (Wildman–Crippen MR) is 96.0 cm³/mol. The van der Waals surface area contributed by atoms with E-state index in [4.69, 9.17) is 4.74 Å². The van der Waals surface area contributed by atoms with Crippen molar-refractivity contribution in [1.82, 2.24) is 19.8 Å². The van der Waals surface area contributed by atoms with Crippen molar-refractivity contribution in [2.45, 2.75) is 24.8 Å². The van der Waals surface area contributed by atoms with Gasteiger partial charge in [-0.05, 0) is 30.1 Å². The molecular formula is C18H19FN4O3S. The second kappa shape index (κ2) is 6.97. The van der Waals surface area contributed by atoms with Crippen LogP contribution in [0.1, 0.15) is 33.3 Å². The van der Waals surface area contributed by atoms with Crippen LogP contribution in [-0.2, 0) is 9.53 Å². The average Bonchev–Trinajstić information content (AvgIpc) is 3.17. The Morgan fingerprint density at radius 3 is 3.00 bits per heavy atom. The van der Waals surface area contributed by atoms with Gasteiger partial charge in [0.25, 0.3) is 5.91 Å². The molecule has 1 spiro atoms. The molecule has 7 nitrogen and oxygen atoms in total. The number of carbonyl (C=O) groups is 2. The van der Waals surface area contributed by atoms with Crippen LogP contribution in [0, 0.1) is 12.7 Å². The van der Waals surface area contributed by atoms with Crippen LogP contribution < -0.4 is 5.32 Å². The van der Waals surface area contributed by atoms with E-state index in [0.717, 1.165) is 11.5 Å². The van der Waals surface area contributed by atoms with Gasteiger partial charge in [0.2, 0.25) is 5.91 Å². The number of aryl methyl sites for hydroxylation is 1. The van der Waals surface area contributed by atoms with Crippen molar-refractivity contribution in [3.05, 3.63) is 46.2 Å². The zero-order valence-corrected chi connectivity index (χ0v) is 15.6. The van der Waals surface area contributed by atoms with Gasteiger partial charge in [0, 0.05) is 25.4 Å². The minimum atomic E-state index is -0.864. The van der Waals surface area contributed by atoms with E-state index in [0.29, 0.717) is 22.7 Å². The lowest BCUT2D eigenvalue weighted by molar-refractivity contribution is -0.122. The summed E-state index contributed by atoms with van der Waals surface area (Å²) in [5, 5.41) is 6.92. The van der Waals surface area contributed by atoms with E-state index < -0.39 is 11.5 Å². The first-order valence-electron chi connectivity index (χ1n) is 8.71. The van der Waals surface area contributed by atoms with Gasteiger partial charge in [-0.2, -0.15) is 0 Å². The number of carbonyl (C=O) groups excluding carboxylic acids is 2. The van der Waals surface area contributed by atoms with Crippen LogP contribution in [0.5, 0.6) is 0 Å². The Kier molecular flexibility index (Phi) is 4.65. The number of likely N-dealkylation sites (tertiary alicyclic amines) is 1. The maximum Gasteiger partial charge on any atom is 0.267 e. The van der Waals surface area contributed by atoms with Gasteiger partial charge >= 0.3 is 0 Å². The maximum absolute atomic E-state index is 14.6. The zero-order chi connectivity index (χ0) is 19.0. The lowest BCUT2D eigenvalue weighted by atomic mass is 9.82. The molecule has 0 bridgehead atoms. The molecule has 27 heavy (non-hydrogen) atoms. The molecule has 0 radical (unpaired) electrons. The highest BCUT2D eigenvalue weighted by molar-refractivity contribution is 7.07. The van der Waals surface area contributed by atoms with Crippen LogP contribution in [0.15, 0.2) is 24.3 Å². The molecule has 2 atom stereocenters. The van der Waals surface area contributed by atoms with Crippen molar-refractivity contribution < 1.29 is 18.7 Å². The molecule has 0 unspecified atom stereocenters. The molecule has 2 aromatic rings. The third kappa shape index (κ3) is 3.21. The van der Waals surface area contributed by atoms with E-state index in [1.54, 1.807) is 30.0 Å². The number of benzene rings is 1. The fourth-order valence-electron chi connectivity index (χ4n) is 3.86. The Morgan fingerprint density at radius 1 is 1.44 bits per heavy atom. The summed E-state index contributed by atoms with van der Waals surface area (Å²) >= 11 is 1.04. The summed E-state index contributed by atoms with van der Waals surface area (Å²) < 4.78 is 24.1. The minimum absolute atomic E-state index is 0.154. The Bertz CT molecular complexity index is 889. The molecule has 2 saturated heterocycles. The van der Waals surface area contributed by atoms with E-state index in [9.17, 15) is 14.0 Å². The number of amides is 2. The molecule has 3 heterocycles. The van der Waals surface area contributed by atoms with E-state index in [1.807, 2.05) is 0 Å². The topological polar surface area (TPSA) is 84.4 Å². The van der Waals surface area contributed by atoms with E-state index in [-0.39, 0.29) is 43.7 Å². The Balaban J connectivity index is 1.73. The highest BCUT2D eigenvalue weighted by atomic mass is 32.1. The van der Waals surface area contributed by atoms with E-state index >= 15 is 0 Å². The Labute approximate surface area is 159 Å². The average molecular weight is 390 g/mol. The first kappa shape index (κ1) is 18.0. The quantitative estimate of drug-likeness (QED) is 0.840. The van der Waals surface area contributed by atoms with Crippen molar-refractivity contribution in [2.24, 2.45) is 0 Å². The van der Waals surface area contributed by atoms with Gasteiger partial charge in [-0.1, -0.05) is 22.7 Å². The third-order valence-corrected chi connectivity index (χ3v) is 5.99. The monoisotopic (exact) mass is 390 g/mol. The summed E-state index contributed by atoms with van der Waals surface area (Å²) in [7, 11) is 0. The summed E-state index contributed by atoms with van der Waals surface area (Å²) in [4.78, 5) is 27.3. The van der Waals surface area contributed by atoms with Crippen molar-refractivity contribution in [2.75, 3.05) is 26.3 Å². The normalized spacial score (nSPS) is 25.5. The van der Waals surface area contributed by atoms with Gasteiger partial charge in [-0.25, -0.2) is 4.39 Å². The van der Waals surface area contributed by atoms with Gasteiger partial charge in [0.1, 0.15) is 10.7 Å². The summed E-state index contributed by atoms with van der Waals surface area (Å²) in [5.74, 6) is -1.13. The van der Waals surface area contributed by atoms with Crippen LogP contribution in [0.3, 0.4) is 0 Å². The van der Waals surface area contributed by atoms with Crippen molar-refractivity contribution >= 4 is 23.3 Å². The molecule has 2 aliphatic heterocycles. The SMILES string of the molecule is Cc1nnsc1C(=O)N1C[C@@H](c2ccccc2F)[C@@]2(COCCC(=O)N2)C1. The number of rotatable bonds is 2. The second-order valence-electron chi connectivity index (χ2n) is 6.95. The molecule has 2 amide bonds. The third-order valence-electron chi connectivity index (χ3n) is 5.18. The van der Waals surface area contributed by atoms with Crippen molar-refractivity contribution in [3.8, 4) is 0 Å². The van der Waals surface area contributed by atoms with Crippen molar-refractivity contribution in [3.63, 3.8) is 0 Å². The second-order valence-corrected chi connectivity index (χ2v) is 7.71. The highest BCUT2D eigenvalue weighted by Crippen LogP contribution is 2.39. The van der Waals surface area contributed by atoms with Crippen LogP contribution in [0.2, 0.25) is 0 Å². The van der Waals surface area contributed by atoms with Crippen LogP contribution in [0.25, 0.3) is 0 Å². The lowest BCUT2D eigenvalue weighted by Gasteiger charge is -2.34. The summed E-state index contributed by atoms with van der Waals surface area (Å²) in [6, 6.07) is 6.47. The highest BCUT2D eigenvalue weighted by Gasteiger charge is 2.51. The molecule has 1 N–H and O–H groups in total. The van der Waals surface area contributed by atoms with Crippen LogP contribution in [0.4, 0.5) is 4.39 Å². The number of nitrogens with one attached hydrogen (secondary N) is 1. The number of halogens is 1. The van der Waals surface area contributed by atoms with Gasteiger partial charge in [0.15, 0.2) is 0 Å². The number of ether oxygens (including phenoxy) is 1. The summed E-state index contributed by atoms with van der Waals surface area (Å²) in [6.07, 6.45) is 0.248. The van der Waals surface area contributed by atoms with Crippen molar-refractivity contribution in [1.29, 1.82) is 0 Å². The van der Waals surface area contributed by atoms with E-state index in [1.165, 1.54) is 6.07 Å². The fourth-order valence-corrected chi connectivity index (χ4v) is 4.48. The molecule has 9 heteroatoms. The van der Waals surface area contributed by atoms with Crippen LogP contribution >= 0.6 is 11.5 Å². The maximum atomic E-state index is 14.6. The first-order chi connectivity index (χ1) is 13.0. The molecule has 2 fully saturated rings.